The number of halogens is 1. The Balaban J connectivity index is 2.78. The van der Waals surface area contributed by atoms with E-state index in [1.807, 2.05) is 12.1 Å². The number of benzene rings is 1. The number of hydrogen-bond acceptors (Lipinski definition) is 2. The Morgan fingerprint density at radius 2 is 2.19 bits per heavy atom. The number of Topliss-reactive ketones (excluding diaryl/α,β-unsaturated/α-hetero) is 1. The van der Waals surface area contributed by atoms with Crippen molar-refractivity contribution in [1.82, 2.24) is 0 Å². The Morgan fingerprint density at radius 3 is 2.75 bits per heavy atom. The third-order valence-electron chi connectivity index (χ3n) is 2.45. The Labute approximate surface area is 102 Å². The first kappa shape index (κ1) is 13.0. The van der Waals surface area contributed by atoms with Crippen LogP contribution >= 0.6 is 11.6 Å². The van der Waals surface area contributed by atoms with Crippen LogP contribution in [0.25, 0.3) is 0 Å². The second-order valence-corrected chi connectivity index (χ2v) is 4.61. The van der Waals surface area contributed by atoms with E-state index >= 15 is 0 Å². The summed E-state index contributed by atoms with van der Waals surface area (Å²) in [4.78, 5) is 11.0. The fourth-order valence-corrected chi connectivity index (χ4v) is 2.04. The second-order valence-electron chi connectivity index (χ2n) is 4.17. The summed E-state index contributed by atoms with van der Waals surface area (Å²) in [5, 5.41) is 0.700. The van der Waals surface area contributed by atoms with Crippen LogP contribution in [-0.2, 0) is 11.2 Å². The molecule has 1 unspecified atom stereocenters. The maximum Gasteiger partial charge on any atom is 0.130 e. The maximum absolute atomic E-state index is 11.0. The van der Waals surface area contributed by atoms with Gasteiger partial charge in [0.05, 0.1) is 7.11 Å². The molecule has 1 atom stereocenters. The highest BCUT2D eigenvalue weighted by Gasteiger charge is 2.10. The number of carbonyl (C=O) groups excluding carboxylic acids is 1. The molecule has 0 fully saturated rings. The first-order chi connectivity index (χ1) is 7.52. The number of ether oxygens (including phenoxy) is 1. The van der Waals surface area contributed by atoms with Gasteiger partial charge in [-0.3, -0.25) is 0 Å². The van der Waals surface area contributed by atoms with Crippen LogP contribution in [0.15, 0.2) is 18.2 Å². The number of hydrogen-bond donors (Lipinski definition) is 0. The van der Waals surface area contributed by atoms with Crippen LogP contribution < -0.4 is 4.74 Å². The van der Waals surface area contributed by atoms with Gasteiger partial charge in [0.2, 0.25) is 0 Å². The van der Waals surface area contributed by atoms with Gasteiger partial charge in [-0.1, -0.05) is 18.5 Å². The van der Waals surface area contributed by atoms with E-state index in [1.165, 1.54) is 0 Å². The third kappa shape index (κ3) is 3.86. The van der Waals surface area contributed by atoms with Gasteiger partial charge in [0.25, 0.3) is 0 Å². The molecule has 88 valence electrons. The van der Waals surface area contributed by atoms with Crippen LogP contribution in [0.4, 0.5) is 0 Å². The minimum Gasteiger partial charge on any atom is -0.496 e. The monoisotopic (exact) mass is 240 g/mol. The molecule has 0 aromatic heterocycles. The van der Waals surface area contributed by atoms with Gasteiger partial charge >= 0.3 is 0 Å². The highest BCUT2D eigenvalue weighted by Crippen LogP contribution is 2.25. The van der Waals surface area contributed by atoms with E-state index in [1.54, 1.807) is 20.1 Å². The molecule has 0 aliphatic heterocycles. The van der Waals surface area contributed by atoms with Crippen molar-refractivity contribution in [1.29, 1.82) is 0 Å². The fraction of sp³-hybridized carbons (Fsp3) is 0.462. The molecule has 0 aliphatic carbocycles. The van der Waals surface area contributed by atoms with Gasteiger partial charge in [-0.2, -0.15) is 0 Å². The summed E-state index contributed by atoms with van der Waals surface area (Å²) >= 11 is 5.94. The molecule has 16 heavy (non-hydrogen) atoms. The van der Waals surface area contributed by atoms with Crippen LogP contribution in [0, 0.1) is 5.92 Å². The topological polar surface area (TPSA) is 26.3 Å². The van der Waals surface area contributed by atoms with E-state index in [0.717, 1.165) is 17.7 Å². The summed E-state index contributed by atoms with van der Waals surface area (Å²) < 4.78 is 5.26. The standard InChI is InChI=1S/C13H17ClO2/c1-9(6-10(2)15)7-11-8-12(14)4-5-13(11)16-3/h4-5,8-9H,6-7H2,1-3H3. The highest BCUT2D eigenvalue weighted by molar-refractivity contribution is 6.30. The first-order valence-corrected chi connectivity index (χ1v) is 5.72. The van der Waals surface area contributed by atoms with E-state index in [-0.39, 0.29) is 5.78 Å². The molecule has 2 nitrogen and oxygen atoms in total. The molecule has 0 saturated heterocycles. The molecule has 0 bridgehead atoms. The van der Waals surface area contributed by atoms with Crippen molar-refractivity contribution in [3.63, 3.8) is 0 Å². The van der Waals surface area contributed by atoms with Gasteiger partial charge in [-0.25, -0.2) is 0 Å². The van der Waals surface area contributed by atoms with Gasteiger partial charge in [-0.15, -0.1) is 0 Å². The van der Waals surface area contributed by atoms with Crippen LogP contribution in [0.2, 0.25) is 5.02 Å². The van der Waals surface area contributed by atoms with Crippen molar-refractivity contribution >= 4 is 17.4 Å². The predicted octanol–water partition coefficient (Wildman–Crippen LogP) is 3.51. The molecule has 0 aliphatic rings. The molecule has 0 radical (unpaired) electrons. The minimum absolute atomic E-state index is 0.216. The quantitative estimate of drug-likeness (QED) is 0.787. The van der Waals surface area contributed by atoms with E-state index in [9.17, 15) is 4.79 Å². The lowest BCUT2D eigenvalue weighted by atomic mass is 9.96. The fourth-order valence-electron chi connectivity index (χ4n) is 1.84. The number of carbonyl (C=O) groups is 1. The van der Waals surface area contributed by atoms with Crippen LogP contribution in [0.1, 0.15) is 25.8 Å². The molecule has 1 rings (SSSR count). The van der Waals surface area contributed by atoms with E-state index in [2.05, 4.69) is 6.92 Å². The van der Waals surface area contributed by atoms with Crippen LogP contribution in [-0.4, -0.2) is 12.9 Å². The molecule has 3 heteroatoms. The molecular weight excluding hydrogens is 224 g/mol. The van der Waals surface area contributed by atoms with Crippen molar-refractivity contribution in [3.8, 4) is 5.75 Å². The van der Waals surface area contributed by atoms with Crippen molar-refractivity contribution in [2.45, 2.75) is 26.7 Å². The lowest BCUT2D eigenvalue weighted by Gasteiger charge is -2.13. The number of rotatable bonds is 5. The summed E-state index contributed by atoms with van der Waals surface area (Å²) in [5.41, 5.74) is 1.06. The summed E-state index contributed by atoms with van der Waals surface area (Å²) in [6.45, 7) is 3.67. The molecule has 1 aromatic carbocycles. The molecule has 0 N–H and O–H groups in total. The van der Waals surface area contributed by atoms with E-state index in [4.69, 9.17) is 16.3 Å². The zero-order valence-electron chi connectivity index (χ0n) is 9.92. The van der Waals surface area contributed by atoms with Crippen molar-refractivity contribution in [3.05, 3.63) is 28.8 Å². The molecule has 0 saturated carbocycles. The Morgan fingerprint density at radius 1 is 1.50 bits per heavy atom. The van der Waals surface area contributed by atoms with Gasteiger partial charge in [0.15, 0.2) is 0 Å². The van der Waals surface area contributed by atoms with Crippen molar-refractivity contribution < 1.29 is 9.53 Å². The second kappa shape index (κ2) is 5.90. The lowest BCUT2D eigenvalue weighted by molar-refractivity contribution is -0.117. The van der Waals surface area contributed by atoms with Crippen LogP contribution in [0.5, 0.6) is 5.75 Å². The largest absolute Gasteiger partial charge is 0.496 e. The number of ketones is 1. The van der Waals surface area contributed by atoms with E-state index < -0.39 is 0 Å². The summed E-state index contributed by atoms with van der Waals surface area (Å²) in [6, 6.07) is 5.56. The molecular formula is C13H17ClO2. The predicted molar refractivity (Wildman–Crippen MR) is 66.2 cm³/mol. The first-order valence-electron chi connectivity index (χ1n) is 5.34. The smallest absolute Gasteiger partial charge is 0.130 e. The zero-order valence-corrected chi connectivity index (χ0v) is 10.7. The lowest BCUT2D eigenvalue weighted by Crippen LogP contribution is -2.06. The molecule has 1 aromatic rings. The molecule has 0 spiro atoms. The van der Waals surface area contributed by atoms with Crippen molar-refractivity contribution in [2.24, 2.45) is 5.92 Å². The Bertz CT molecular complexity index is 374. The Kier molecular flexibility index (Phi) is 4.81. The maximum atomic E-state index is 11.0. The summed E-state index contributed by atoms with van der Waals surface area (Å²) in [7, 11) is 1.64. The third-order valence-corrected chi connectivity index (χ3v) is 2.68. The summed E-state index contributed by atoms with van der Waals surface area (Å²) in [6.07, 6.45) is 1.40. The highest BCUT2D eigenvalue weighted by atomic mass is 35.5. The average Bonchev–Trinajstić information content (AvgIpc) is 2.16. The molecule has 0 heterocycles. The number of methoxy groups -OCH3 is 1. The summed E-state index contributed by atoms with van der Waals surface area (Å²) in [5.74, 6) is 1.36. The minimum atomic E-state index is 0.216. The normalized spacial score (nSPS) is 12.2. The zero-order chi connectivity index (χ0) is 12.1. The van der Waals surface area contributed by atoms with Crippen molar-refractivity contribution in [2.75, 3.05) is 7.11 Å². The van der Waals surface area contributed by atoms with Crippen LogP contribution in [0.3, 0.4) is 0 Å². The van der Waals surface area contributed by atoms with Gasteiger partial charge in [-0.05, 0) is 43.0 Å². The van der Waals surface area contributed by atoms with Gasteiger partial charge in [0, 0.05) is 11.4 Å². The average molecular weight is 241 g/mol. The van der Waals surface area contributed by atoms with Gasteiger partial charge in [0.1, 0.15) is 11.5 Å². The Hall–Kier alpha value is -1.02. The van der Waals surface area contributed by atoms with Gasteiger partial charge < -0.3 is 9.53 Å². The van der Waals surface area contributed by atoms with E-state index in [0.29, 0.717) is 17.4 Å². The molecule has 0 amide bonds. The SMILES string of the molecule is COc1ccc(Cl)cc1CC(C)CC(C)=O.